The van der Waals surface area contributed by atoms with E-state index in [0.29, 0.717) is 40.5 Å². The Balaban J connectivity index is 1.89. The number of carbonyl (C=O) groups is 1. The molecule has 0 spiro atoms. The van der Waals surface area contributed by atoms with Crippen molar-refractivity contribution in [2.45, 2.75) is 24.7 Å². The number of aromatic nitrogens is 1. The van der Waals surface area contributed by atoms with Crippen LogP contribution in [0, 0.1) is 5.82 Å². The van der Waals surface area contributed by atoms with Crippen LogP contribution in [0.3, 0.4) is 0 Å². The topological polar surface area (TPSA) is 73.8 Å². The molecule has 7 nitrogen and oxygen atoms in total. The van der Waals surface area contributed by atoms with Gasteiger partial charge in [0.2, 0.25) is 10.0 Å². The first kappa shape index (κ1) is 25.2. The van der Waals surface area contributed by atoms with Crippen molar-refractivity contribution in [2.75, 3.05) is 45.7 Å². The van der Waals surface area contributed by atoms with Crippen molar-refractivity contribution in [3.8, 4) is 0 Å². The lowest BCUT2D eigenvalue weighted by Crippen LogP contribution is -2.36. The van der Waals surface area contributed by atoms with E-state index in [2.05, 4.69) is 4.98 Å². The van der Waals surface area contributed by atoms with Gasteiger partial charge in [-0.3, -0.25) is 9.69 Å². The Bertz CT molecular complexity index is 1210. The summed E-state index contributed by atoms with van der Waals surface area (Å²) in [4.78, 5) is 21.6. The van der Waals surface area contributed by atoms with Crippen LogP contribution in [0.15, 0.2) is 47.4 Å². The number of carbonyl (C=O) groups excluding carboxylic acids is 1. The van der Waals surface area contributed by atoms with Gasteiger partial charge in [0.25, 0.3) is 5.91 Å². The predicted molar refractivity (Wildman–Crippen MR) is 131 cm³/mol. The van der Waals surface area contributed by atoms with Gasteiger partial charge in [-0.2, -0.15) is 0 Å². The summed E-state index contributed by atoms with van der Waals surface area (Å²) in [5, 5.41) is 0.471. The summed E-state index contributed by atoms with van der Waals surface area (Å²) < 4.78 is 41.1. The average molecular weight is 493 g/mol. The molecule has 0 N–H and O–H groups in total. The van der Waals surface area contributed by atoms with E-state index in [9.17, 15) is 17.6 Å². The van der Waals surface area contributed by atoms with Crippen molar-refractivity contribution in [1.82, 2.24) is 14.2 Å². The van der Waals surface area contributed by atoms with E-state index >= 15 is 0 Å². The lowest BCUT2D eigenvalue weighted by molar-refractivity contribution is 0.0985. The number of unbranched alkanes of at least 4 members (excludes halogenated alkanes) is 1. The molecule has 3 aromatic rings. The van der Waals surface area contributed by atoms with Crippen LogP contribution in [-0.2, 0) is 10.0 Å². The largest absolute Gasteiger partial charge is 0.308 e. The zero-order chi connectivity index (χ0) is 24.2. The number of halogens is 1. The smallest absolute Gasteiger partial charge is 0.260 e. The van der Waals surface area contributed by atoms with Crippen molar-refractivity contribution >= 4 is 42.6 Å². The van der Waals surface area contributed by atoms with Gasteiger partial charge < -0.3 is 4.90 Å². The molecule has 1 aromatic heterocycles. The first-order chi connectivity index (χ1) is 15.6. The number of nitrogens with zero attached hydrogens (tertiary/aromatic N) is 4. The molecule has 0 bridgehead atoms. The van der Waals surface area contributed by atoms with Gasteiger partial charge in [0.1, 0.15) is 5.82 Å². The first-order valence-electron chi connectivity index (χ1n) is 10.7. The van der Waals surface area contributed by atoms with E-state index in [1.54, 1.807) is 18.0 Å². The Hall–Kier alpha value is -2.40. The number of fused-ring (bicyclic) bond motifs is 1. The third-order valence-electron chi connectivity index (χ3n) is 5.22. The van der Waals surface area contributed by atoms with Crippen LogP contribution in [0.2, 0.25) is 0 Å². The molecule has 10 heteroatoms. The zero-order valence-corrected chi connectivity index (χ0v) is 20.9. The van der Waals surface area contributed by atoms with Crippen LogP contribution in [0.1, 0.15) is 30.1 Å². The van der Waals surface area contributed by atoms with Crippen LogP contribution >= 0.6 is 11.3 Å². The number of hydrogen-bond donors (Lipinski definition) is 0. The summed E-state index contributed by atoms with van der Waals surface area (Å²) in [6.07, 6.45) is 1.67. The van der Waals surface area contributed by atoms with E-state index in [1.807, 2.05) is 25.9 Å². The third kappa shape index (κ3) is 5.94. The maximum Gasteiger partial charge on any atom is 0.260 e. The number of benzene rings is 2. The van der Waals surface area contributed by atoms with Crippen LogP contribution in [0.4, 0.5) is 9.52 Å². The van der Waals surface area contributed by atoms with Gasteiger partial charge >= 0.3 is 0 Å². The van der Waals surface area contributed by atoms with Crippen molar-refractivity contribution in [2.24, 2.45) is 0 Å². The van der Waals surface area contributed by atoms with Gasteiger partial charge in [0.15, 0.2) is 5.13 Å². The molecule has 0 aliphatic rings. The van der Waals surface area contributed by atoms with Crippen molar-refractivity contribution in [3.05, 3.63) is 53.8 Å². The number of hydrogen-bond acceptors (Lipinski definition) is 6. The van der Waals surface area contributed by atoms with Gasteiger partial charge in [-0.1, -0.05) is 24.7 Å². The summed E-state index contributed by atoms with van der Waals surface area (Å²) >= 11 is 1.25. The fourth-order valence-electron chi connectivity index (χ4n) is 3.19. The quantitative estimate of drug-likeness (QED) is 0.427. The molecular weight excluding hydrogens is 463 g/mol. The van der Waals surface area contributed by atoms with Crippen LogP contribution in [0.25, 0.3) is 10.2 Å². The van der Waals surface area contributed by atoms with Crippen LogP contribution in [-0.4, -0.2) is 69.3 Å². The summed E-state index contributed by atoms with van der Waals surface area (Å²) in [5.74, 6) is -0.649. The highest BCUT2D eigenvalue weighted by atomic mass is 32.2. The molecule has 0 saturated carbocycles. The molecule has 0 unspecified atom stereocenters. The average Bonchev–Trinajstić information content (AvgIpc) is 3.19. The molecule has 0 aliphatic carbocycles. The predicted octanol–water partition coefficient (Wildman–Crippen LogP) is 4.06. The molecule has 1 heterocycles. The standard InChI is InChI=1S/C23H29FN4O3S2/c1-5-6-13-27(4)33(30,31)19-10-7-17(8-11-19)22(29)28(15-14-26(2)3)23-25-20-12-9-18(24)16-21(20)32-23/h7-12,16H,5-6,13-15H2,1-4H3. The monoisotopic (exact) mass is 492 g/mol. The second kappa shape index (κ2) is 10.7. The van der Waals surface area contributed by atoms with Gasteiger partial charge in [-0.25, -0.2) is 22.1 Å². The molecule has 0 saturated heterocycles. The molecule has 0 radical (unpaired) electrons. The molecular formula is C23H29FN4O3S2. The Morgan fingerprint density at radius 3 is 2.36 bits per heavy atom. The number of amides is 1. The minimum Gasteiger partial charge on any atom is -0.308 e. The van der Waals surface area contributed by atoms with Crippen LogP contribution < -0.4 is 4.90 Å². The highest BCUT2D eigenvalue weighted by Crippen LogP contribution is 2.30. The Morgan fingerprint density at radius 2 is 1.73 bits per heavy atom. The highest BCUT2D eigenvalue weighted by Gasteiger charge is 2.24. The van der Waals surface area contributed by atoms with E-state index in [4.69, 9.17) is 0 Å². The minimum absolute atomic E-state index is 0.146. The third-order valence-corrected chi connectivity index (χ3v) is 8.13. The number of thiazole rings is 1. The lowest BCUT2D eigenvalue weighted by atomic mass is 10.2. The van der Waals surface area contributed by atoms with Crippen molar-refractivity contribution in [3.63, 3.8) is 0 Å². The van der Waals surface area contributed by atoms with E-state index in [-0.39, 0.29) is 16.6 Å². The molecule has 1 amide bonds. The Kier molecular flexibility index (Phi) is 8.17. The normalized spacial score (nSPS) is 12.1. The molecule has 0 fully saturated rings. The van der Waals surface area contributed by atoms with E-state index < -0.39 is 10.0 Å². The summed E-state index contributed by atoms with van der Waals surface area (Å²) in [5.41, 5.74) is 0.977. The van der Waals surface area contributed by atoms with Gasteiger partial charge in [-0.15, -0.1) is 0 Å². The first-order valence-corrected chi connectivity index (χ1v) is 13.0. The second-order valence-corrected chi connectivity index (χ2v) is 11.1. The number of sulfonamides is 1. The fraction of sp³-hybridized carbons (Fsp3) is 0.391. The maximum atomic E-state index is 13.6. The number of anilines is 1. The molecule has 0 aliphatic heterocycles. The Labute approximate surface area is 198 Å². The molecule has 3 rings (SSSR count). The van der Waals surface area contributed by atoms with E-state index in [0.717, 1.165) is 12.8 Å². The molecule has 0 atom stereocenters. The fourth-order valence-corrected chi connectivity index (χ4v) is 5.42. The van der Waals surface area contributed by atoms with Gasteiger partial charge in [0, 0.05) is 32.2 Å². The minimum atomic E-state index is -3.61. The van der Waals surface area contributed by atoms with Crippen molar-refractivity contribution in [1.29, 1.82) is 0 Å². The highest BCUT2D eigenvalue weighted by molar-refractivity contribution is 7.89. The van der Waals surface area contributed by atoms with Gasteiger partial charge in [-0.05, 0) is 63.0 Å². The Morgan fingerprint density at radius 1 is 1.03 bits per heavy atom. The lowest BCUT2D eigenvalue weighted by Gasteiger charge is -2.22. The van der Waals surface area contributed by atoms with Crippen molar-refractivity contribution < 1.29 is 17.6 Å². The number of likely N-dealkylation sites (N-methyl/N-ethyl adjacent to an activating group) is 1. The van der Waals surface area contributed by atoms with E-state index in [1.165, 1.54) is 52.0 Å². The SMILES string of the molecule is CCCCN(C)S(=O)(=O)c1ccc(C(=O)N(CCN(C)C)c2nc3ccc(F)cc3s2)cc1. The maximum absolute atomic E-state index is 13.6. The molecule has 2 aromatic carbocycles. The second-order valence-electron chi connectivity index (χ2n) is 8.07. The zero-order valence-electron chi connectivity index (χ0n) is 19.3. The summed E-state index contributed by atoms with van der Waals surface area (Å²) in [6, 6.07) is 10.3. The molecule has 33 heavy (non-hydrogen) atoms. The number of rotatable bonds is 10. The summed E-state index contributed by atoms with van der Waals surface area (Å²) in [7, 11) is 1.76. The van der Waals surface area contributed by atoms with Gasteiger partial charge in [0.05, 0.1) is 15.1 Å². The molecule has 178 valence electrons. The van der Waals surface area contributed by atoms with Crippen LogP contribution in [0.5, 0.6) is 0 Å². The summed E-state index contributed by atoms with van der Waals surface area (Å²) in [6.45, 7) is 3.43.